The first-order valence-corrected chi connectivity index (χ1v) is 16.1. The summed E-state index contributed by atoms with van der Waals surface area (Å²) in [6, 6.07) is 0. The lowest BCUT2D eigenvalue weighted by Gasteiger charge is -2.48. The van der Waals surface area contributed by atoms with Crippen LogP contribution in [0, 0.1) is 40.4 Å². The van der Waals surface area contributed by atoms with Crippen LogP contribution in [0.15, 0.2) is 0 Å². The number of carbonyl (C=O) groups excluding carboxylic acids is 2. The summed E-state index contributed by atoms with van der Waals surface area (Å²) < 4.78 is 13.8. The number of hydrogen-bond donors (Lipinski definition) is 0. The lowest BCUT2D eigenvalue weighted by molar-refractivity contribution is -0.168. The molecular formula is C29H50O4Si. The Labute approximate surface area is 209 Å². The van der Waals surface area contributed by atoms with E-state index in [-0.39, 0.29) is 40.8 Å². The number of Topliss-reactive ketones (excluding diaryl/α,β-unsaturated/α-hetero) is 2. The molecule has 34 heavy (non-hydrogen) atoms. The Morgan fingerprint density at radius 3 is 1.94 bits per heavy atom. The maximum Gasteiger partial charge on any atom is 0.200 e. The first kappa shape index (κ1) is 26.5. The first-order valence-electron chi connectivity index (χ1n) is 14.0. The van der Waals surface area contributed by atoms with Gasteiger partial charge in [0.25, 0.3) is 0 Å². The Kier molecular flexibility index (Phi) is 6.43. The molecule has 0 aromatic heterocycles. The lowest BCUT2D eigenvalue weighted by atomic mass is 9.59. The summed E-state index contributed by atoms with van der Waals surface area (Å²) in [6.07, 6.45) is 2.99. The van der Waals surface area contributed by atoms with Gasteiger partial charge in [-0.3, -0.25) is 9.59 Å². The lowest BCUT2D eigenvalue weighted by Crippen LogP contribution is -2.59. The summed E-state index contributed by atoms with van der Waals surface area (Å²) >= 11 is 0. The van der Waals surface area contributed by atoms with Crippen LogP contribution < -0.4 is 0 Å². The van der Waals surface area contributed by atoms with Crippen molar-refractivity contribution in [3.8, 4) is 0 Å². The van der Waals surface area contributed by atoms with Gasteiger partial charge in [0.15, 0.2) is 11.6 Å². The summed E-state index contributed by atoms with van der Waals surface area (Å²) in [5, 5.41) is 0. The van der Waals surface area contributed by atoms with Gasteiger partial charge in [-0.05, 0) is 59.1 Å². The standard InChI is InChI=1S/C29H50O4Si/c1-16(2)34(17(3)4,18(5)6)33-21-13-22-24-23(27(24,9)10)12-20(8)29(26(22)31)25(30)19(7)14-28(29,15-21)32-11/h16-24H,12-15H2,1-11H3/t19?,20-,21+,22+,23-,24+,28-,29-/m1/s1. The molecule has 1 spiro atoms. The predicted octanol–water partition coefficient (Wildman–Crippen LogP) is 6.82. The van der Waals surface area contributed by atoms with Gasteiger partial charge in [-0.2, -0.15) is 0 Å². The Hall–Kier alpha value is -0.523. The molecule has 0 aromatic carbocycles. The van der Waals surface area contributed by atoms with Crippen molar-refractivity contribution >= 4 is 19.9 Å². The van der Waals surface area contributed by atoms with Crippen molar-refractivity contribution in [2.45, 2.75) is 123 Å². The quantitative estimate of drug-likeness (QED) is 0.303. The number of fused-ring (bicyclic) bond motifs is 3. The van der Waals surface area contributed by atoms with Crippen LogP contribution in [0.5, 0.6) is 0 Å². The molecule has 0 saturated heterocycles. The van der Waals surface area contributed by atoms with Gasteiger partial charge in [0.05, 0.1) is 5.60 Å². The first-order chi connectivity index (χ1) is 15.6. The summed E-state index contributed by atoms with van der Waals surface area (Å²) in [4.78, 5) is 28.7. The van der Waals surface area contributed by atoms with E-state index in [1.54, 1.807) is 7.11 Å². The molecule has 4 rings (SSSR count). The van der Waals surface area contributed by atoms with Crippen LogP contribution in [0.2, 0.25) is 16.6 Å². The average molecular weight is 491 g/mol. The van der Waals surface area contributed by atoms with Gasteiger partial charge in [-0.25, -0.2) is 0 Å². The molecule has 194 valence electrons. The molecule has 0 N–H and O–H groups in total. The number of ketones is 2. The minimum Gasteiger partial charge on any atom is -0.413 e. The highest BCUT2D eigenvalue weighted by molar-refractivity contribution is 6.77. The third-order valence-electron chi connectivity index (χ3n) is 11.4. The normalized spacial score (nSPS) is 43.7. The highest BCUT2D eigenvalue weighted by Crippen LogP contribution is 2.73. The Balaban J connectivity index is 1.87. The van der Waals surface area contributed by atoms with Crippen molar-refractivity contribution < 1.29 is 18.8 Å². The molecule has 4 aliphatic carbocycles. The van der Waals surface area contributed by atoms with Gasteiger partial charge >= 0.3 is 0 Å². The summed E-state index contributed by atoms with van der Waals surface area (Å²) in [5.74, 6) is 0.989. The highest BCUT2D eigenvalue weighted by atomic mass is 28.4. The smallest absolute Gasteiger partial charge is 0.200 e. The summed E-state index contributed by atoms with van der Waals surface area (Å²) in [5.41, 5.74) is -0.148. The summed E-state index contributed by atoms with van der Waals surface area (Å²) in [7, 11) is -0.407. The monoisotopic (exact) mass is 490 g/mol. The second-order valence-corrected chi connectivity index (χ2v) is 19.4. The van der Waals surface area contributed by atoms with E-state index in [0.29, 0.717) is 41.3 Å². The van der Waals surface area contributed by atoms with Crippen LogP contribution in [0.1, 0.15) is 94.9 Å². The molecular weight excluding hydrogens is 440 g/mol. The van der Waals surface area contributed by atoms with Crippen LogP contribution in [-0.4, -0.2) is 38.7 Å². The van der Waals surface area contributed by atoms with Gasteiger partial charge in [0.1, 0.15) is 5.41 Å². The van der Waals surface area contributed by atoms with E-state index >= 15 is 0 Å². The van der Waals surface area contributed by atoms with Crippen molar-refractivity contribution in [3.63, 3.8) is 0 Å². The van der Waals surface area contributed by atoms with Crippen molar-refractivity contribution in [3.05, 3.63) is 0 Å². The molecule has 8 atom stereocenters. The van der Waals surface area contributed by atoms with Gasteiger partial charge in [-0.1, -0.05) is 69.2 Å². The number of carbonyl (C=O) groups is 2. The molecule has 0 radical (unpaired) electrons. The Bertz CT molecular complexity index is 825. The highest BCUT2D eigenvalue weighted by Gasteiger charge is 2.77. The fraction of sp³-hybridized carbons (Fsp3) is 0.931. The van der Waals surface area contributed by atoms with Crippen LogP contribution in [0.25, 0.3) is 0 Å². The van der Waals surface area contributed by atoms with Crippen molar-refractivity contribution in [1.29, 1.82) is 0 Å². The van der Waals surface area contributed by atoms with E-state index in [2.05, 4.69) is 62.3 Å². The SMILES string of the molecule is CO[C@@]12CC(C)C(=O)[C@]13C(=O)[C@@H](C[C@H](O[Si](C(C)C)(C(C)C)C(C)C)C2)[C@H]1[C@@H](C[C@H]3C)C1(C)C. The second kappa shape index (κ2) is 8.24. The molecule has 0 heterocycles. The molecule has 0 amide bonds. The van der Waals surface area contributed by atoms with Crippen molar-refractivity contribution in [2.24, 2.45) is 40.4 Å². The molecule has 0 aliphatic heterocycles. The summed E-state index contributed by atoms with van der Waals surface area (Å²) in [6.45, 7) is 22.8. The third kappa shape index (κ3) is 3.14. The molecule has 4 nitrogen and oxygen atoms in total. The van der Waals surface area contributed by atoms with E-state index in [1.807, 2.05) is 6.92 Å². The van der Waals surface area contributed by atoms with Gasteiger partial charge in [0.2, 0.25) is 8.32 Å². The van der Waals surface area contributed by atoms with Crippen molar-refractivity contribution in [1.82, 2.24) is 0 Å². The zero-order valence-electron chi connectivity index (χ0n) is 23.7. The van der Waals surface area contributed by atoms with E-state index < -0.39 is 19.3 Å². The maximum atomic E-state index is 14.7. The minimum absolute atomic E-state index is 0.0118. The molecule has 0 aromatic rings. The molecule has 4 fully saturated rings. The zero-order chi connectivity index (χ0) is 25.6. The minimum atomic E-state index is -2.15. The van der Waals surface area contributed by atoms with E-state index in [0.717, 1.165) is 12.8 Å². The topological polar surface area (TPSA) is 52.6 Å². The average Bonchev–Trinajstić information content (AvgIpc) is 3.23. The van der Waals surface area contributed by atoms with Gasteiger partial charge in [0, 0.05) is 31.5 Å². The van der Waals surface area contributed by atoms with E-state index in [1.165, 1.54) is 0 Å². The molecule has 4 saturated carbocycles. The second-order valence-electron chi connectivity index (χ2n) is 14.0. The van der Waals surface area contributed by atoms with Crippen LogP contribution in [0.3, 0.4) is 0 Å². The number of hydrogen-bond acceptors (Lipinski definition) is 4. The van der Waals surface area contributed by atoms with E-state index in [4.69, 9.17) is 9.16 Å². The molecule has 4 aliphatic rings. The molecule has 1 unspecified atom stereocenters. The molecule has 2 bridgehead atoms. The number of methoxy groups -OCH3 is 1. The van der Waals surface area contributed by atoms with Gasteiger partial charge in [-0.15, -0.1) is 0 Å². The fourth-order valence-electron chi connectivity index (χ4n) is 10.0. The Morgan fingerprint density at radius 1 is 0.882 bits per heavy atom. The number of ether oxygens (including phenoxy) is 1. The van der Waals surface area contributed by atoms with Crippen LogP contribution >= 0.6 is 0 Å². The van der Waals surface area contributed by atoms with Crippen molar-refractivity contribution in [2.75, 3.05) is 7.11 Å². The third-order valence-corrected chi connectivity index (χ3v) is 17.5. The van der Waals surface area contributed by atoms with Crippen LogP contribution in [-0.2, 0) is 18.8 Å². The number of rotatable bonds is 6. The predicted molar refractivity (Wildman–Crippen MR) is 139 cm³/mol. The maximum absolute atomic E-state index is 14.7. The van der Waals surface area contributed by atoms with E-state index in [9.17, 15) is 9.59 Å². The zero-order valence-corrected chi connectivity index (χ0v) is 24.7. The molecule has 5 heteroatoms. The fourth-order valence-corrected chi connectivity index (χ4v) is 15.6. The van der Waals surface area contributed by atoms with Gasteiger partial charge < -0.3 is 9.16 Å². The Morgan fingerprint density at radius 2 is 1.44 bits per heavy atom. The largest absolute Gasteiger partial charge is 0.413 e. The van der Waals surface area contributed by atoms with Crippen LogP contribution in [0.4, 0.5) is 0 Å².